The molecule has 0 aliphatic rings. The Hall–Kier alpha value is -2.86. The Bertz CT molecular complexity index is 917. The highest BCUT2D eigenvalue weighted by Crippen LogP contribution is 2.32. The number of fused-ring (bicyclic) bond motifs is 1. The van der Waals surface area contributed by atoms with Crippen LogP contribution in [0, 0.1) is 10.1 Å². The van der Waals surface area contributed by atoms with Crippen LogP contribution in [0.15, 0.2) is 54.9 Å². The van der Waals surface area contributed by atoms with Crippen LogP contribution >= 0.6 is 11.6 Å². The summed E-state index contributed by atoms with van der Waals surface area (Å²) in [5.41, 5.74) is 0.938. The fraction of sp³-hybridized carbons (Fsp3) is 0.167. The molecule has 0 fully saturated rings. The zero-order valence-electron chi connectivity index (χ0n) is 13.6. The fourth-order valence-electron chi connectivity index (χ4n) is 2.63. The van der Waals surface area contributed by atoms with E-state index in [1.165, 1.54) is 12.3 Å². The van der Waals surface area contributed by atoms with E-state index < -0.39 is 4.92 Å². The van der Waals surface area contributed by atoms with E-state index in [1.807, 2.05) is 24.1 Å². The molecule has 3 aromatic rings. The number of pyridine rings is 1. The lowest BCUT2D eigenvalue weighted by Crippen LogP contribution is -2.24. The number of non-ortho nitro benzene ring substituents is 1. The second kappa shape index (κ2) is 7.36. The van der Waals surface area contributed by atoms with Gasteiger partial charge in [-0.3, -0.25) is 15.1 Å². The number of anilines is 1. The van der Waals surface area contributed by atoms with Gasteiger partial charge in [0.1, 0.15) is 12.4 Å². The van der Waals surface area contributed by atoms with Crippen molar-refractivity contribution in [3.8, 4) is 5.75 Å². The van der Waals surface area contributed by atoms with Gasteiger partial charge in [0.15, 0.2) is 0 Å². The number of nitro groups is 1. The first kappa shape index (κ1) is 17.0. The lowest BCUT2D eigenvalue weighted by molar-refractivity contribution is -0.383. The summed E-state index contributed by atoms with van der Waals surface area (Å²) in [4.78, 5) is 16.8. The molecule has 25 heavy (non-hydrogen) atoms. The maximum absolute atomic E-state index is 11.2. The number of nitrogens with zero attached hydrogens (tertiary/aromatic N) is 3. The minimum atomic E-state index is -0.393. The Labute approximate surface area is 149 Å². The molecular weight excluding hydrogens is 342 g/mol. The number of benzene rings is 2. The van der Waals surface area contributed by atoms with Gasteiger partial charge in [0.05, 0.1) is 16.9 Å². The second-order valence-electron chi connectivity index (χ2n) is 5.51. The highest BCUT2D eigenvalue weighted by atomic mass is 35.5. The Kier molecular flexibility index (Phi) is 5.00. The first-order valence-electron chi connectivity index (χ1n) is 7.67. The Balaban J connectivity index is 1.77. The van der Waals surface area contributed by atoms with Crippen molar-refractivity contribution in [3.63, 3.8) is 0 Å². The van der Waals surface area contributed by atoms with E-state index in [0.717, 1.165) is 11.1 Å². The summed E-state index contributed by atoms with van der Waals surface area (Å²) in [5, 5.41) is 13.1. The van der Waals surface area contributed by atoms with Crippen LogP contribution in [0.1, 0.15) is 0 Å². The van der Waals surface area contributed by atoms with Crippen LogP contribution in [-0.2, 0) is 0 Å². The largest absolute Gasteiger partial charge is 0.492 e. The van der Waals surface area contributed by atoms with Crippen LogP contribution < -0.4 is 9.64 Å². The average molecular weight is 358 g/mol. The predicted molar refractivity (Wildman–Crippen MR) is 98.6 cm³/mol. The van der Waals surface area contributed by atoms with E-state index in [9.17, 15) is 10.1 Å². The van der Waals surface area contributed by atoms with Crippen LogP contribution in [0.4, 0.5) is 11.4 Å². The maximum Gasteiger partial charge on any atom is 0.278 e. The molecule has 0 atom stereocenters. The highest BCUT2D eigenvalue weighted by molar-refractivity contribution is 6.30. The van der Waals surface area contributed by atoms with Crippen LogP contribution in [0.25, 0.3) is 10.8 Å². The number of rotatable bonds is 6. The molecule has 0 unspecified atom stereocenters. The normalized spacial score (nSPS) is 10.6. The van der Waals surface area contributed by atoms with Crippen LogP contribution in [-0.4, -0.2) is 30.1 Å². The third-order valence-electron chi connectivity index (χ3n) is 3.87. The molecule has 2 aromatic carbocycles. The van der Waals surface area contributed by atoms with E-state index in [1.54, 1.807) is 30.5 Å². The highest BCUT2D eigenvalue weighted by Gasteiger charge is 2.16. The molecule has 0 amide bonds. The molecule has 0 radical (unpaired) electrons. The van der Waals surface area contributed by atoms with Crippen molar-refractivity contribution in [2.75, 3.05) is 25.1 Å². The third kappa shape index (κ3) is 3.80. The van der Waals surface area contributed by atoms with Gasteiger partial charge in [-0.05, 0) is 30.3 Å². The summed E-state index contributed by atoms with van der Waals surface area (Å²) in [5.74, 6) is 0.707. The van der Waals surface area contributed by atoms with Crippen molar-refractivity contribution in [2.45, 2.75) is 0 Å². The molecule has 1 heterocycles. The smallest absolute Gasteiger partial charge is 0.278 e. The molecule has 6 nitrogen and oxygen atoms in total. The first-order valence-corrected chi connectivity index (χ1v) is 8.04. The molecule has 1 aromatic heterocycles. The summed E-state index contributed by atoms with van der Waals surface area (Å²) in [7, 11) is 1.92. The molecule has 0 saturated carbocycles. The van der Waals surface area contributed by atoms with E-state index >= 15 is 0 Å². The van der Waals surface area contributed by atoms with E-state index in [4.69, 9.17) is 16.3 Å². The number of nitro benzene ring substituents is 1. The molecule has 3 rings (SSSR count). The van der Waals surface area contributed by atoms with Crippen molar-refractivity contribution in [1.82, 2.24) is 4.98 Å². The maximum atomic E-state index is 11.2. The molecule has 0 aliphatic heterocycles. The lowest BCUT2D eigenvalue weighted by atomic mass is 10.1. The van der Waals surface area contributed by atoms with Crippen molar-refractivity contribution >= 4 is 33.7 Å². The van der Waals surface area contributed by atoms with Crippen molar-refractivity contribution < 1.29 is 9.66 Å². The molecule has 0 bridgehead atoms. The minimum absolute atomic E-state index is 0.0513. The Morgan fingerprint density at radius 3 is 2.84 bits per heavy atom. The molecule has 0 saturated heterocycles. The van der Waals surface area contributed by atoms with E-state index in [0.29, 0.717) is 29.3 Å². The quantitative estimate of drug-likeness (QED) is 0.485. The summed E-state index contributed by atoms with van der Waals surface area (Å²) in [6, 6.07) is 12.3. The molecule has 0 spiro atoms. The lowest BCUT2D eigenvalue weighted by Gasteiger charge is -2.21. The Morgan fingerprint density at radius 1 is 1.24 bits per heavy atom. The molecule has 128 valence electrons. The molecule has 0 aliphatic carbocycles. The van der Waals surface area contributed by atoms with Gasteiger partial charge in [0.25, 0.3) is 5.69 Å². The van der Waals surface area contributed by atoms with Crippen LogP contribution in [0.2, 0.25) is 5.02 Å². The first-order chi connectivity index (χ1) is 12.1. The van der Waals surface area contributed by atoms with E-state index in [2.05, 4.69) is 4.98 Å². The standard InChI is InChI=1S/C18H16ClN3O3/c1-21(9-10-25-14-4-2-3-13(19)11-14)17-5-6-18(22(23)24)16-12-20-8-7-15(16)17/h2-8,11-12H,9-10H2,1H3. The SMILES string of the molecule is CN(CCOc1cccc(Cl)c1)c1ccc([N+](=O)[O-])c2cnccc12. The number of hydrogen-bond acceptors (Lipinski definition) is 5. The van der Waals surface area contributed by atoms with Crippen molar-refractivity contribution in [1.29, 1.82) is 0 Å². The summed E-state index contributed by atoms with van der Waals surface area (Å²) < 4.78 is 5.71. The minimum Gasteiger partial charge on any atom is -0.492 e. The number of likely N-dealkylation sites (N-methyl/N-ethyl adjacent to an activating group) is 1. The third-order valence-corrected chi connectivity index (χ3v) is 4.11. The zero-order chi connectivity index (χ0) is 17.8. The fourth-order valence-corrected chi connectivity index (χ4v) is 2.81. The van der Waals surface area contributed by atoms with E-state index in [-0.39, 0.29) is 5.69 Å². The number of ether oxygens (including phenoxy) is 1. The van der Waals surface area contributed by atoms with Gasteiger partial charge >= 0.3 is 0 Å². The van der Waals surface area contributed by atoms with Gasteiger partial charge in [0.2, 0.25) is 0 Å². The van der Waals surface area contributed by atoms with Gasteiger partial charge in [-0.1, -0.05) is 17.7 Å². The summed E-state index contributed by atoms with van der Waals surface area (Å²) in [6.45, 7) is 1.07. The average Bonchev–Trinajstić information content (AvgIpc) is 2.60. The number of halogens is 1. The number of aromatic nitrogens is 1. The molecular formula is C18H16ClN3O3. The van der Waals surface area contributed by atoms with Crippen molar-refractivity contribution in [3.05, 3.63) is 70.0 Å². The topological polar surface area (TPSA) is 68.5 Å². The van der Waals surface area contributed by atoms with Crippen molar-refractivity contribution in [2.24, 2.45) is 0 Å². The van der Waals surface area contributed by atoms with Crippen LogP contribution in [0.5, 0.6) is 5.75 Å². The van der Waals surface area contributed by atoms with Gasteiger partial charge < -0.3 is 9.64 Å². The van der Waals surface area contributed by atoms with Crippen LogP contribution in [0.3, 0.4) is 0 Å². The predicted octanol–water partition coefficient (Wildman–Crippen LogP) is 4.31. The monoisotopic (exact) mass is 357 g/mol. The second-order valence-corrected chi connectivity index (χ2v) is 5.95. The van der Waals surface area contributed by atoms with Gasteiger partial charge in [-0.25, -0.2) is 0 Å². The summed E-state index contributed by atoms with van der Waals surface area (Å²) >= 11 is 5.94. The zero-order valence-corrected chi connectivity index (χ0v) is 14.3. The van der Waals surface area contributed by atoms with Gasteiger partial charge in [-0.2, -0.15) is 0 Å². The van der Waals surface area contributed by atoms with Gasteiger partial charge in [-0.15, -0.1) is 0 Å². The Morgan fingerprint density at radius 2 is 2.08 bits per heavy atom. The summed E-state index contributed by atoms with van der Waals surface area (Å²) in [6.07, 6.45) is 3.15. The molecule has 7 heteroatoms. The number of hydrogen-bond donors (Lipinski definition) is 0. The van der Waals surface area contributed by atoms with Gasteiger partial charge in [0, 0.05) is 41.6 Å². The molecule has 0 N–H and O–H groups in total.